The quantitative estimate of drug-likeness (QED) is 0.514. The van der Waals surface area contributed by atoms with Crippen molar-refractivity contribution in [3.63, 3.8) is 0 Å². The third kappa shape index (κ3) is 7.79. The molecule has 0 spiro atoms. The van der Waals surface area contributed by atoms with E-state index in [1.165, 1.54) is 18.2 Å². The van der Waals surface area contributed by atoms with Crippen LogP contribution in [0.4, 0.5) is 35.1 Å². The maximum absolute atomic E-state index is 14.2. The number of rotatable bonds is 7. The molecule has 0 bridgehead atoms. The van der Waals surface area contributed by atoms with Gasteiger partial charge in [-0.2, -0.15) is 0 Å². The number of carboxylic acids is 1. The molecule has 2 aromatic carbocycles. The van der Waals surface area contributed by atoms with Gasteiger partial charge in [-0.1, -0.05) is 30.3 Å². The van der Waals surface area contributed by atoms with E-state index in [1.807, 2.05) is 0 Å². The third-order valence-corrected chi connectivity index (χ3v) is 3.61. The van der Waals surface area contributed by atoms with Crippen molar-refractivity contribution in [2.24, 2.45) is 0 Å². The molecule has 0 atom stereocenters. The number of carbonyl (C=O) groups is 1. The summed E-state index contributed by atoms with van der Waals surface area (Å²) in [4.78, 5) is 11.1. The summed E-state index contributed by atoms with van der Waals surface area (Å²) >= 11 is 0. The third-order valence-electron chi connectivity index (χ3n) is 3.61. The Morgan fingerprint density at radius 2 is 1.45 bits per heavy atom. The second-order valence-electron chi connectivity index (χ2n) is 6.04. The summed E-state index contributed by atoms with van der Waals surface area (Å²) in [5.74, 6) is -7.75. The molecule has 2 rings (SSSR count). The van der Waals surface area contributed by atoms with Gasteiger partial charge >= 0.3 is 18.7 Å². The van der Waals surface area contributed by atoms with Gasteiger partial charge in [0.05, 0.1) is 5.56 Å². The summed E-state index contributed by atoms with van der Waals surface area (Å²) in [5.41, 5.74) is -0.898. The molecule has 168 valence electrons. The highest BCUT2D eigenvalue weighted by molar-refractivity contribution is 5.89. The number of ether oxygens (including phenoxy) is 2. The van der Waals surface area contributed by atoms with Crippen LogP contribution < -0.4 is 9.47 Å². The molecule has 1 N–H and O–H groups in total. The van der Waals surface area contributed by atoms with Crippen LogP contribution in [-0.4, -0.2) is 29.7 Å². The van der Waals surface area contributed by atoms with Gasteiger partial charge in [-0.3, -0.25) is 0 Å². The summed E-state index contributed by atoms with van der Waals surface area (Å²) in [5, 5.41) is 9.04. The molecule has 0 aliphatic heterocycles. The van der Waals surface area contributed by atoms with Crippen molar-refractivity contribution in [3.8, 4) is 11.5 Å². The predicted molar refractivity (Wildman–Crippen MR) is 90.9 cm³/mol. The van der Waals surface area contributed by atoms with Crippen molar-refractivity contribution >= 4 is 12.0 Å². The highest BCUT2D eigenvalue weighted by Crippen LogP contribution is 2.37. The smallest absolute Gasteiger partial charge is 0.478 e. The Labute approximate surface area is 169 Å². The molecule has 12 heteroatoms. The Bertz CT molecular complexity index is 964. The van der Waals surface area contributed by atoms with Gasteiger partial charge in [0.2, 0.25) is 0 Å². The molecule has 31 heavy (non-hydrogen) atoms. The first kappa shape index (κ1) is 24.0. The first-order valence-corrected chi connectivity index (χ1v) is 8.19. The molecule has 0 fully saturated rings. The van der Waals surface area contributed by atoms with Crippen LogP contribution in [-0.2, 0) is 6.42 Å². The SMILES string of the molecule is O=C(O)c1ccccc1CC(F)(F)C=Cc1ccc(OC(F)(F)F)c(OC(F)(F)F)c1. The number of hydrogen-bond donors (Lipinski definition) is 1. The lowest BCUT2D eigenvalue weighted by Gasteiger charge is -2.16. The maximum Gasteiger partial charge on any atom is 0.573 e. The Hall–Kier alpha value is -3.31. The van der Waals surface area contributed by atoms with Crippen molar-refractivity contribution in [3.05, 3.63) is 65.2 Å². The summed E-state index contributed by atoms with van der Waals surface area (Å²) < 4.78 is 110. The van der Waals surface area contributed by atoms with Crippen molar-refractivity contribution in [1.82, 2.24) is 0 Å². The van der Waals surface area contributed by atoms with Crippen LogP contribution in [0.2, 0.25) is 0 Å². The predicted octanol–water partition coefficient (Wildman–Crippen LogP) is 6.07. The van der Waals surface area contributed by atoms with Crippen LogP contribution in [0.15, 0.2) is 48.5 Å². The zero-order chi connectivity index (χ0) is 23.4. The number of alkyl halides is 8. The van der Waals surface area contributed by atoms with Crippen LogP contribution >= 0.6 is 0 Å². The Morgan fingerprint density at radius 3 is 2.03 bits per heavy atom. The molecule has 0 saturated heterocycles. The average Bonchev–Trinajstić information content (AvgIpc) is 2.59. The lowest BCUT2D eigenvalue weighted by atomic mass is 10.0. The first-order valence-electron chi connectivity index (χ1n) is 8.19. The van der Waals surface area contributed by atoms with E-state index in [-0.39, 0.29) is 22.8 Å². The Balaban J connectivity index is 2.30. The molecule has 0 aliphatic carbocycles. The van der Waals surface area contributed by atoms with Crippen molar-refractivity contribution in [2.75, 3.05) is 0 Å². The van der Waals surface area contributed by atoms with Gasteiger partial charge in [-0.05, 0) is 35.4 Å². The molecule has 0 heterocycles. The lowest BCUT2D eigenvalue weighted by Crippen LogP contribution is -2.21. The fourth-order valence-corrected chi connectivity index (χ4v) is 2.46. The minimum atomic E-state index is -5.36. The van der Waals surface area contributed by atoms with Gasteiger partial charge < -0.3 is 14.6 Å². The molecule has 0 aliphatic rings. The minimum absolute atomic E-state index is 0.195. The van der Waals surface area contributed by atoms with Gasteiger partial charge in [0.1, 0.15) is 0 Å². The highest BCUT2D eigenvalue weighted by Gasteiger charge is 2.36. The highest BCUT2D eigenvalue weighted by atomic mass is 19.4. The maximum atomic E-state index is 14.2. The zero-order valence-corrected chi connectivity index (χ0v) is 15.1. The fraction of sp³-hybridized carbons (Fsp3) is 0.211. The molecule has 2 aromatic rings. The normalized spacial score (nSPS) is 12.8. The van der Waals surface area contributed by atoms with Crippen LogP contribution in [0.3, 0.4) is 0 Å². The van der Waals surface area contributed by atoms with E-state index in [1.54, 1.807) is 0 Å². The fourth-order valence-electron chi connectivity index (χ4n) is 2.46. The molecular formula is C19H12F8O4. The number of aromatic carboxylic acids is 1. The Morgan fingerprint density at radius 1 is 0.871 bits per heavy atom. The largest absolute Gasteiger partial charge is 0.573 e. The van der Waals surface area contributed by atoms with Crippen LogP contribution in [0.1, 0.15) is 21.5 Å². The van der Waals surface area contributed by atoms with Crippen molar-refractivity contribution in [1.29, 1.82) is 0 Å². The molecule has 0 aromatic heterocycles. The Kier molecular flexibility index (Phi) is 6.82. The lowest BCUT2D eigenvalue weighted by molar-refractivity contribution is -0.287. The van der Waals surface area contributed by atoms with E-state index in [9.17, 15) is 39.9 Å². The van der Waals surface area contributed by atoms with Gasteiger partial charge in [0, 0.05) is 6.42 Å². The summed E-state index contributed by atoms with van der Waals surface area (Å²) in [6.07, 6.45) is -10.8. The van der Waals surface area contributed by atoms with Gasteiger partial charge in [0.25, 0.3) is 5.92 Å². The average molecular weight is 456 g/mol. The molecule has 4 nitrogen and oxygen atoms in total. The number of carboxylic acid groups (broad SMARTS) is 1. The van der Waals surface area contributed by atoms with E-state index < -0.39 is 42.5 Å². The minimum Gasteiger partial charge on any atom is -0.478 e. The summed E-state index contributed by atoms with van der Waals surface area (Å²) in [6.45, 7) is 0. The van der Waals surface area contributed by atoms with E-state index in [4.69, 9.17) is 5.11 Å². The second kappa shape index (κ2) is 8.82. The van der Waals surface area contributed by atoms with Gasteiger partial charge in [-0.25, -0.2) is 13.6 Å². The number of hydrogen-bond acceptors (Lipinski definition) is 3. The van der Waals surface area contributed by atoms with Crippen molar-refractivity contribution in [2.45, 2.75) is 25.1 Å². The number of benzene rings is 2. The van der Waals surface area contributed by atoms with Crippen molar-refractivity contribution < 1.29 is 54.5 Å². The first-order chi connectivity index (χ1) is 14.2. The van der Waals surface area contributed by atoms with E-state index >= 15 is 0 Å². The zero-order valence-electron chi connectivity index (χ0n) is 15.1. The molecule has 0 unspecified atom stereocenters. The summed E-state index contributed by atoms with van der Waals surface area (Å²) in [7, 11) is 0. The van der Waals surface area contributed by atoms with Gasteiger partial charge in [-0.15, -0.1) is 26.3 Å². The van der Waals surface area contributed by atoms with Crippen LogP contribution in [0, 0.1) is 0 Å². The van der Waals surface area contributed by atoms with Crippen LogP contribution in [0.25, 0.3) is 6.08 Å². The molecule has 0 saturated carbocycles. The number of allylic oxidation sites excluding steroid dienone is 1. The standard InChI is InChI=1S/C19H12F8O4/c20-17(21,10-12-3-1-2-4-13(12)16(28)29)8-7-11-5-6-14(30-18(22,23)24)15(9-11)31-19(25,26)27/h1-9H,10H2,(H,28,29). The number of halogens is 8. The van der Waals surface area contributed by atoms with Crippen LogP contribution in [0.5, 0.6) is 11.5 Å². The van der Waals surface area contributed by atoms with E-state index in [0.717, 1.165) is 12.1 Å². The van der Waals surface area contributed by atoms with Gasteiger partial charge in [0.15, 0.2) is 11.5 Å². The molecular weight excluding hydrogens is 444 g/mol. The topological polar surface area (TPSA) is 55.8 Å². The summed E-state index contributed by atoms with van der Waals surface area (Å²) in [6, 6.07) is 6.71. The second-order valence-corrected chi connectivity index (χ2v) is 6.04. The molecule has 0 amide bonds. The van der Waals surface area contributed by atoms with E-state index in [2.05, 4.69) is 9.47 Å². The van der Waals surface area contributed by atoms with E-state index in [0.29, 0.717) is 18.2 Å². The monoisotopic (exact) mass is 456 g/mol. The molecule has 0 radical (unpaired) electrons.